The van der Waals surface area contributed by atoms with Gasteiger partial charge in [-0.3, -0.25) is 0 Å². The minimum Gasteiger partial charge on any atom is -0.307 e. The smallest absolute Gasteiger partial charge is 0.0325 e. The Kier molecular flexibility index (Phi) is 5.83. The van der Waals surface area contributed by atoms with E-state index in [1.807, 2.05) is 11.3 Å². The highest BCUT2D eigenvalue weighted by molar-refractivity contribution is 7.11. The van der Waals surface area contributed by atoms with Crippen LogP contribution in [-0.2, 0) is 13.1 Å². The molecule has 0 bridgehead atoms. The zero-order valence-electron chi connectivity index (χ0n) is 12.7. The molecule has 1 rings (SSSR count). The Morgan fingerprint density at radius 2 is 1.83 bits per heavy atom. The molecule has 18 heavy (non-hydrogen) atoms. The molecule has 104 valence electrons. The summed E-state index contributed by atoms with van der Waals surface area (Å²) in [6.45, 7) is 14.4. The maximum absolute atomic E-state index is 3.53. The van der Waals surface area contributed by atoms with Crippen molar-refractivity contribution in [2.24, 2.45) is 5.92 Å². The quantitative estimate of drug-likeness (QED) is 0.846. The summed E-state index contributed by atoms with van der Waals surface area (Å²) in [5.74, 6) is 0.733. The average Bonchev–Trinajstić information content (AvgIpc) is 2.60. The Balaban J connectivity index is 2.43. The minimum atomic E-state index is 0.193. The Hall–Kier alpha value is -0.380. The molecule has 1 aromatic rings. The topological polar surface area (TPSA) is 15.3 Å². The molecule has 0 aliphatic rings. The number of rotatable bonds is 6. The minimum absolute atomic E-state index is 0.193. The summed E-state index contributed by atoms with van der Waals surface area (Å²) in [5.41, 5.74) is 0.193. The summed E-state index contributed by atoms with van der Waals surface area (Å²) in [7, 11) is 2.20. The van der Waals surface area contributed by atoms with Crippen LogP contribution in [0.4, 0.5) is 0 Å². The molecule has 0 unspecified atom stereocenters. The highest BCUT2D eigenvalue weighted by atomic mass is 32.1. The first-order chi connectivity index (χ1) is 8.26. The van der Waals surface area contributed by atoms with Gasteiger partial charge in [0.25, 0.3) is 0 Å². The van der Waals surface area contributed by atoms with Crippen molar-refractivity contribution < 1.29 is 0 Å². The van der Waals surface area contributed by atoms with E-state index in [2.05, 4.69) is 64.0 Å². The molecule has 0 fully saturated rings. The lowest BCUT2D eigenvalue weighted by Gasteiger charge is -2.20. The molecule has 0 aliphatic heterocycles. The van der Waals surface area contributed by atoms with Gasteiger partial charge in [0.2, 0.25) is 0 Å². The first-order valence-corrected chi connectivity index (χ1v) is 7.59. The number of thiophene rings is 1. The molecule has 0 spiro atoms. The molecule has 1 N–H and O–H groups in total. The zero-order chi connectivity index (χ0) is 13.8. The molecule has 0 aromatic carbocycles. The second-order valence-corrected chi connectivity index (χ2v) is 7.82. The molecule has 1 aromatic heterocycles. The first-order valence-electron chi connectivity index (χ1n) is 6.77. The molecular weight excluding hydrogens is 240 g/mol. The van der Waals surface area contributed by atoms with Crippen molar-refractivity contribution in [2.75, 3.05) is 13.6 Å². The van der Waals surface area contributed by atoms with Gasteiger partial charge in [0.05, 0.1) is 0 Å². The van der Waals surface area contributed by atoms with Crippen LogP contribution in [0.3, 0.4) is 0 Å². The van der Waals surface area contributed by atoms with Crippen LogP contribution < -0.4 is 5.32 Å². The number of nitrogens with zero attached hydrogens (tertiary/aromatic N) is 1. The van der Waals surface area contributed by atoms with Gasteiger partial charge in [-0.1, -0.05) is 13.8 Å². The predicted octanol–water partition coefficient (Wildman–Crippen LogP) is 3.72. The van der Waals surface area contributed by atoms with E-state index < -0.39 is 0 Å². The highest BCUT2D eigenvalue weighted by Crippen LogP contribution is 2.19. The van der Waals surface area contributed by atoms with Crippen molar-refractivity contribution in [3.63, 3.8) is 0 Å². The first kappa shape index (κ1) is 15.7. The van der Waals surface area contributed by atoms with E-state index in [4.69, 9.17) is 0 Å². The summed E-state index contributed by atoms with van der Waals surface area (Å²) in [4.78, 5) is 5.29. The van der Waals surface area contributed by atoms with Crippen molar-refractivity contribution in [1.29, 1.82) is 0 Å². The maximum Gasteiger partial charge on any atom is 0.0325 e. The third-order valence-corrected chi connectivity index (χ3v) is 3.68. The van der Waals surface area contributed by atoms with Crippen LogP contribution in [0.2, 0.25) is 0 Å². The van der Waals surface area contributed by atoms with Gasteiger partial charge in [-0.2, -0.15) is 0 Å². The van der Waals surface area contributed by atoms with Gasteiger partial charge < -0.3 is 10.2 Å². The van der Waals surface area contributed by atoms with Crippen LogP contribution in [0, 0.1) is 5.92 Å². The fourth-order valence-electron chi connectivity index (χ4n) is 1.91. The molecule has 0 aliphatic carbocycles. The SMILES string of the molecule is CC(C)CN(C)Cc1ccc(CNC(C)(C)C)s1. The summed E-state index contributed by atoms with van der Waals surface area (Å²) < 4.78 is 0. The Morgan fingerprint density at radius 3 is 2.39 bits per heavy atom. The largest absolute Gasteiger partial charge is 0.307 e. The van der Waals surface area contributed by atoms with Gasteiger partial charge in [0, 0.05) is 34.9 Å². The standard InChI is InChI=1S/C15H28N2S/c1-12(2)10-17(6)11-14-8-7-13(18-14)9-16-15(3,4)5/h7-8,12,16H,9-11H2,1-6H3. The second kappa shape index (κ2) is 6.69. The maximum atomic E-state index is 3.53. The van der Waals surface area contributed by atoms with Gasteiger partial charge >= 0.3 is 0 Å². The molecule has 0 amide bonds. The molecule has 2 nitrogen and oxygen atoms in total. The Bertz CT molecular complexity index is 350. The summed E-state index contributed by atoms with van der Waals surface area (Å²) in [6, 6.07) is 4.52. The van der Waals surface area contributed by atoms with Crippen LogP contribution >= 0.6 is 11.3 Å². The van der Waals surface area contributed by atoms with E-state index in [1.165, 1.54) is 9.75 Å². The van der Waals surface area contributed by atoms with Crippen molar-refractivity contribution in [2.45, 2.75) is 53.2 Å². The molecule has 0 saturated carbocycles. The highest BCUT2D eigenvalue weighted by Gasteiger charge is 2.10. The summed E-state index contributed by atoms with van der Waals surface area (Å²) in [6.07, 6.45) is 0. The Morgan fingerprint density at radius 1 is 1.22 bits per heavy atom. The van der Waals surface area contributed by atoms with Crippen LogP contribution in [0.25, 0.3) is 0 Å². The number of hydrogen-bond donors (Lipinski definition) is 1. The number of hydrogen-bond acceptors (Lipinski definition) is 3. The molecular formula is C15H28N2S. The van der Waals surface area contributed by atoms with E-state index in [-0.39, 0.29) is 5.54 Å². The lowest BCUT2D eigenvalue weighted by molar-refractivity contribution is 0.291. The molecule has 0 atom stereocenters. The van der Waals surface area contributed by atoms with Crippen molar-refractivity contribution in [1.82, 2.24) is 10.2 Å². The summed E-state index contributed by atoms with van der Waals surface area (Å²) in [5, 5.41) is 3.53. The molecule has 1 heterocycles. The average molecular weight is 268 g/mol. The predicted molar refractivity (Wildman–Crippen MR) is 82.1 cm³/mol. The van der Waals surface area contributed by atoms with Crippen LogP contribution in [0.15, 0.2) is 12.1 Å². The normalized spacial score (nSPS) is 12.7. The van der Waals surface area contributed by atoms with E-state index in [0.717, 1.165) is 25.6 Å². The van der Waals surface area contributed by atoms with E-state index in [9.17, 15) is 0 Å². The number of nitrogens with one attached hydrogen (secondary N) is 1. The van der Waals surface area contributed by atoms with Crippen LogP contribution in [0.5, 0.6) is 0 Å². The van der Waals surface area contributed by atoms with Gasteiger partial charge in [-0.25, -0.2) is 0 Å². The third-order valence-electron chi connectivity index (χ3n) is 2.61. The van der Waals surface area contributed by atoms with Gasteiger partial charge in [0.1, 0.15) is 0 Å². The van der Waals surface area contributed by atoms with E-state index in [0.29, 0.717) is 0 Å². The van der Waals surface area contributed by atoms with Crippen molar-refractivity contribution in [3.8, 4) is 0 Å². The van der Waals surface area contributed by atoms with Crippen LogP contribution in [-0.4, -0.2) is 24.0 Å². The van der Waals surface area contributed by atoms with E-state index >= 15 is 0 Å². The second-order valence-electron chi connectivity index (χ2n) is 6.56. The third kappa shape index (κ3) is 6.53. The van der Waals surface area contributed by atoms with Crippen molar-refractivity contribution >= 4 is 11.3 Å². The molecule has 3 heteroatoms. The zero-order valence-corrected chi connectivity index (χ0v) is 13.5. The van der Waals surface area contributed by atoms with Gasteiger partial charge in [-0.15, -0.1) is 11.3 Å². The van der Waals surface area contributed by atoms with Crippen molar-refractivity contribution in [3.05, 3.63) is 21.9 Å². The fourth-order valence-corrected chi connectivity index (χ4v) is 2.95. The van der Waals surface area contributed by atoms with Crippen LogP contribution in [0.1, 0.15) is 44.4 Å². The lowest BCUT2D eigenvalue weighted by Crippen LogP contribution is -2.34. The molecule has 0 radical (unpaired) electrons. The Labute approximate surface area is 116 Å². The van der Waals surface area contributed by atoms with Gasteiger partial charge in [-0.05, 0) is 45.9 Å². The van der Waals surface area contributed by atoms with Gasteiger partial charge in [0.15, 0.2) is 0 Å². The molecule has 0 saturated heterocycles. The lowest BCUT2D eigenvalue weighted by atomic mass is 10.1. The van der Waals surface area contributed by atoms with E-state index in [1.54, 1.807) is 0 Å². The monoisotopic (exact) mass is 268 g/mol. The summed E-state index contributed by atoms with van der Waals surface area (Å²) >= 11 is 1.92. The fraction of sp³-hybridized carbons (Fsp3) is 0.733.